The molecule has 0 radical (unpaired) electrons. The Hall–Kier alpha value is -1.95. The summed E-state index contributed by atoms with van der Waals surface area (Å²) < 4.78 is 5.40. The van der Waals surface area contributed by atoms with E-state index < -0.39 is 0 Å². The van der Waals surface area contributed by atoms with Gasteiger partial charge in [0.2, 0.25) is 0 Å². The van der Waals surface area contributed by atoms with Crippen LogP contribution in [0, 0.1) is 16.7 Å². The Morgan fingerprint density at radius 1 is 1.38 bits per heavy atom. The Bertz CT molecular complexity index is 534. The average molecular weight is 214 g/mol. The molecule has 0 saturated heterocycles. The number of hydrogen-bond acceptors (Lipinski definition) is 3. The van der Waals surface area contributed by atoms with E-state index in [0.717, 1.165) is 16.7 Å². The number of para-hydroxylation sites is 1. The average Bonchev–Trinajstić information content (AvgIpc) is 2.70. The van der Waals surface area contributed by atoms with Crippen molar-refractivity contribution in [2.45, 2.75) is 13.8 Å². The molecule has 0 amide bonds. The van der Waals surface area contributed by atoms with E-state index in [1.807, 2.05) is 38.1 Å². The van der Waals surface area contributed by atoms with E-state index in [4.69, 9.17) is 9.68 Å². The van der Waals surface area contributed by atoms with Crippen LogP contribution in [0.1, 0.15) is 13.8 Å². The second-order valence-electron chi connectivity index (χ2n) is 4.49. The van der Waals surface area contributed by atoms with Crippen molar-refractivity contribution in [3.63, 3.8) is 0 Å². The fraction of sp³-hybridized carbons (Fsp3) is 0.308. The fourth-order valence-corrected chi connectivity index (χ4v) is 1.47. The molecule has 0 saturated carbocycles. The number of nitriles is 1. The first-order chi connectivity index (χ1) is 7.62. The van der Waals surface area contributed by atoms with E-state index in [9.17, 15) is 0 Å². The molecule has 0 unspecified atom stereocenters. The van der Waals surface area contributed by atoms with Crippen LogP contribution in [0.25, 0.3) is 11.0 Å². The Morgan fingerprint density at radius 2 is 2.12 bits per heavy atom. The van der Waals surface area contributed by atoms with Crippen LogP contribution in [0.5, 0.6) is 0 Å². The quantitative estimate of drug-likeness (QED) is 0.851. The molecule has 0 spiro atoms. The lowest BCUT2D eigenvalue weighted by atomic mass is 9.96. The van der Waals surface area contributed by atoms with Gasteiger partial charge >= 0.3 is 0 Å². The molecule has 2 rings (SSSR count). The molecule has 0 atom stereocenters. The lowest BCUT2D eigenvalue weighted by Gasteiger charge is -2.15. The van der Waals surface area contributed by atoms with E-state index in [2.05, 4.69) is 11.4 Å². The second kappa shape index (κ2) is 3.90. The Labute approximate surface area is 94.7 Å². The Morgan fingerprint density at radius 3 is 2.88 bits per heavy atom. The summed E-state index contributed by atoms with van der Waals surface area (Å²) in [5.74, 6) is 0. The summed E-state index contributed by atoms with van der Waals surface area (Å²) in [5.41, 5.74) is 1.43. The van der Waals surface area contributed by atoms with Gasteiger partial charge in [-0.1, -0.05) is 12.1 Å². The van der Waals surface area contributed by atoms with Crippen molar-refractivity contribution < 1.29 is 4.42 Å². The first-order valence-electron chi connectivity index (χ1n) is 5.24. The summed E-state index contributed by atoms with van der Waals surface area (Å²) in [6.07, 6.45) is 1.69. The van der Waals surface area contributed by atoms with Gasteiger partial charge in [-0.25, -0.2) is 0 Å². The highest BCUT2D eigenvalue weighted by molar-refractivity contribution is 5.90. The summed E-state index contributed by atoms with van der Waals surface area (Å²) in [4.78, 5) is 0. The van der Waals surface area contributed by atoms with Crippen molar-refractivity contribution in [2.24, 2.45) is 5.41 Å². The number of furan rings is 1. The molecule has 0 aliphatic carbocycles. The van der Waals surface area contributed by atoms with Gasteiger partial charge in [0.15, 0.2) is 0 Å². The zero-order chi connectivity index (χ0) is 11.6. The molecule has 0 bridgehead atoms. The number of anilines is 1. The van der Waals surface area contributed by atoms with E-state index >= 15 is 0 Å². The molecular weight excluding hydrogens is 200 g/mol. The molecular formula is C13H14N2O. The van der Waals surface area contributed by atoms with Crippen LogP contribution in [-0.2, 0) is 0 Å². The van der Waals surface area contributed by atoms with E-state index in [-0.39, 0.29) is 5.41 Å². The van der Waals surface area contributed by atoms with Crippen molar-refractivity contribution in [1.29, 1.82) is 5.26 Å². The molecule has 16 heavy (non-hydrogen) atoms. The number of nitrogens with one attached hydrogen (secondary N) is 1. The number of benzene rings is 1. The molecule has 1 aromatic carbocycles. The van der Waals surface area contributed by atoms with Gasteiger partial charge in [-0.05, 0) is 26.0 Å². The fourth-order valence-electron chi connectivity index (χ4n) is 1.47. The summed E-state index contributed by atoms with van der Waals surface area (Å²) in [6, 6.07) is 10.1. The standard InChI is InChI=1S/C13H14N2O/c1-13(2,8-14)9-15-11-7-16-12-6-4-3-5-10(11)12/h3-7,15H,9H2,1-2H3. The van der Waals surface area contributed by atoms with Crippen molar-refractivity contribution in [1.82, 2.24) is 0 Å². The second-order valence-corrected chi connectivity index (χ2v) is 4.49. The normalized spacial score (nSPS) is 11.3. The monoisotopic (exact) mass is 214 g/mol. The number of fused-ring (bicyclic) bond motifs is 1. The van der Waals surface area contributed by atoms with Crippen LogP contribution in [0.2, 0.25) is 0 Å². The number of hydrogen-bond donors (Lipinski definition) is 1. The Balaban J connectivity index is 2.20. The Kier molecular flexibility index (Phi) is 2.57. The lowest BCUT2D eigenvalue weighted by molar-refractivity contribution is 0.528. The third-order valence-corrected chi connectivity index (χ3v) is 2.50. The minimum atomic E-state index is -0.377. The molecule has 0 aliphatic rings. The van der Waals surface area contributed by atoms with Crippen LogP contribution in [0.3, 0.4) is 0 Å². The minimum absolute atomic E-state index is 0.377. The van der Waals surface area contributed by atoms with Gasteiger partial charge in [-0.15, -0.1) is 0 Å². The van der Waals surface area contributed by atoms with E-state index in [1.54, 1.807) is 6.26 Å². The smallest absolute Gasteiger partial charge is 0.136 e. The number of nitrogens with zero attached hydrogens (tertiary/aromatic N) is 1. The molecule has 0 fully saturated rings. The maximum Gasteiger partial charge on any atom is 0.136 e. The molecule has 1 N–H and O–H groups in total. The van der Waals surface area contributed by atoms with Gasteiger partial charge in [0.05, 0.1) is 17.2 Å². The van der Waals surface area contributed by atoms with Crippen molar-refractivity contribution in [2.75, 3.05) is 11.9 Å². The van der Waals surface area contributed by atoms with Gasteiger partial charge in [0.25, 0.3) is 0 Å². The summed E-state index contributed by atoms with van der Waals surface area (Å²) in [7, 11) is 0. The van der Waals surface area contributed by atoms with Gasteiger partial charge in [0.1, 0.15) is 11.8 Å². The third-order valence-electron chi connectivity index (χ3n) is 2.50. The van der Waals surface area contributed by atoms with E-state index in [0.29, 0.717) is 6.54 Å². The van der Waals surface area contributed by atoms with E-state index in [1.165, 1.54) is 0 Å². The lowest BCUT2D eigenvalue weighted by Crippen LogP contribution is -2.20. The zero-order valence-corrected chi connectivity index (χ0v) is 9.45. The van der Waals surface area contributed by atoms with Crippen LogP contribution < -0.4 is 5.32 Å². The van der Waals surface area contributed by atoms with Gasteiger partial charge in [-0.3, -0.25) is 0 Å². The predicted octanol–water partition coefficient (Wildman–Crippen LogP) is 3.39. The first-order valence-corrected chi connectivity index (χ1v) is 5.24. The van der Waals surface area contributed by atoms with Gasteiger partial charge in [0, 0.05) is 11.9 Å². The first kappa shape index (κ1) is 10.6. The highest BCUT2D eigenvalue weighted by atomic mass is 16.3. The highest BCUT2D eigenvalue weighted by Crippen LogP contribution is 2.26. The zero-order valence-electron chi connectivity index (χ0n) is 9.45. The SMILES string of the molecule is CC(C)(C#N)CNc1coc2ccccc12. The number of rotatable bonds is 3. The van der Waals surface area contributed by atoms with Gasteiger partial charge in [-0.2, -0.15) is 5.26 Å². The van der Waals surface area contributed by atoms with Crippen LogP contribution in [0.4, 0.5) is 5.69 Å². The molecule has 3 heteroatoms. The predicted molar refractivity (Wildman–Crippen MR) is 64.1 cm³/mol. The maximum absolute atomic E-state index is 8.92. The molecule has 0 aliphatic heterocycles. The molecule has 2 aromatic rings. The van der Waals surface area contributed by atoms with Crippen molar-refractivity contribution in [3.8, 4) is 6.07 Å². The van der Waals surface area contributed by atoms with Crippen molar-refractivity contribution in [3.05, 3.63) is 30.5 Å². The summed E-state index contributed by atoms with van der Waals surface area (Å²) >= 11 is 0. The molecule has 1 aromatic heterocycles. The largest absolute Gasteiger partial charge is 0.462 e. The van der Waals surface area contributed by atoms with Crippen LogP contribution in [0.15, 0.2) is 34.9 Å². The van der Waals surface area contributed by atoms with Crippen LogP contribution >= 0.6 is 0 Å². The summed E-state index contributed by atoms with van der Waals surface area (Å²) in [5, 5.41) is 13.2. The molecule has 82 valence electrons. The highest BCUT2D eigenvalue weighted by Gasteiger charge is 2.17. The summed E-state index contributed by atoms with van der Waals surface area (Å²) in [6.45, 7) is 4.41. The molecule has 3 nitrogen and oxygen atoms in total. The maximum atomic E-state index is 8.92. The van der Waals surface area contributed by atoms with Gasteiger partial charge < -0.3 is 9.73 Å². The van der Waals surface area contributed by atoms with Crippen LogP contribution in [-0.4, -0.2) is 6.54 Å². The van der Waals surface area contributed by atoms with Crippen molar-refractivity contribution >= 4 is 16.7 Å². The minimum Gasteiger partial charge on any atom is -0.462 e. The molecule has 1 heterocycles. The topological polar surface area (TPSA) is 49.0 Å². The third kappa shape index (κ3) is 2.01.